The van der Waals surface area contributed by atoms with Crippen molar-refractivity contribution in [3.8, 4) is 11.4 Å². The summed E-state index contributed by atoms with van der Waals surface area (Å²) in [5, 5.41) is 11.0. The first-order valence-electron chi connectivity index (χ1n) is 8.37. The predicted molar refractivity (Wildman–Crippen MR) is 100.0 cm³/mol. The van der Waals surface area contributed by atoms with E-state index in [2.05, 4.69) is 25.8 Å². The van der Waals surface area contributed by atoms with E-state index in [1.165, 1.54) is 0 Å². The molecule has 2 aromatic heterocycles. The number of furan rings is 1. The molecule has 2 N–H and O–H groups in total. The normalized spacial score (nSPS) is 11.5. The van der Waals surface area contributed by atoms with Gasteiger partial charge in [-0.05, 0) is 31.2 Å². The number of benzene rings is 1. The molecule has 0 unspecified atom stereocenters. The van der Waals surface area contributed by atoms with Crippen LogP contribution in [0.1, 0.15) is 18.6 Å². The van der Waals surface area contributed by atoms with Gasteiger partial charge in [-0.15, -0.1) is 0 Å². The van der Waals surface area contributed by atoms with Gasteiger partial charge in [-0.25, -0.2) is 4.99 Å². The smallest absolute Gasteiger partial charge is 0.248 e. The van der Waals surface area contributed by atoms with Crippen LogP contribution in [-0.2, 0) is 13.0 Å². The summed E-state index contributed by atoms with van der Waals surface area (Å²) in [6, 6.07) is 11.1. The van der Waals surface area contributed by atoms with Gasteiger partial charge in [0.25, 0.3) is 0 Å². The first-order chi connectivity index (χ1) is 12.7. The summed E-state index contributed by atoms with van der Waals surface area (Å²) in [5.41, 5.74) is 0.806. The van der Waals surface area contributed by atoms with E-state index in [0.29, 0.717) is 29.2 Å². The van der Waals surface area contributed by atoms with E-state index in [1.54, 1.807) is 18.4 Å². The monoisotopic (exact) mass is 373 g/mol. The third-order valence-electron chi connectivity index (χ3n) is 3.51. The van der Waals surface area contributed by atoms with Gasteiger partial charge in [0.1, 0.15) is 12.3 Å². The Balaban J connectivity index is 1.58. The molecule has 0 aliphatic rings. The number of hydrogen-bond acceptors (Lipinski definition) is 5. The molecule has 26 heavy (non-hydrogen) atoms. The first-order valence-corrected chi connectivity index (χ1v) is 8.75. The number of rotatable bonds is 7. The van der Waals surface area contributed by atoms with E-state index in [9.17, 15) is 0 Å². The van der Waals surface area contributed by atoms with Crippen molar-refractivity contribution in [2.75, 3.05) is 13.1 Å². The summed E-state index contributed by atoms with van der Waals surface area (Å²) in [5.74, 6) is 2.54. The van der Waals surface area contributed by atoms with Gasteiger partial charge in [0.05, 0.1) is 6.26 Å². The Morgan fingerprint density at radius 3 is 2.92 bits per heavy atom. The van der Waals surface area contributed by atoms with E-state index in [0.717, 1.165) is 24.3 Å². The topological polar surface area (TPSA) is 88.5 Å². The Labute approximate surface area is 156 Å². The van der Waals surface area contributed by atoms with Gasteiger partial charge in [-0.1, -0.05) is 28.9 Å². The van der Waals surface area contributed by atoms with Crippen LogP contribution in [0, 0.1) is 0 Å². The van der Waals surface area contributed by atoms with Gasteiger partial charge in [0.2, 0.25) is 11.7 Å². The van der Waals surface area contributed by atoms with Crippen LogP contribution in [0.4, 0.5) is 0 Å². The minimum Gasteiger partial charge on any atom is -0.469 e. The molecule has 0 aliphatic carbocycles. The van der Waals surface area contributed by atoms with Gasteiger partial charge >= 0.3 is 0 Å². The molecule has 0 fully saturated rings. The minimum atomic E-state index is 0.281. The van der Waals surface area contributed by atoms with Crippen molar-refractivity contribution in [1.82, 2.24) is 20.8 Å². The second-order valence-electron chi connectivity index (χ2n) is 5.47. The number of aromatic nitrogens is 2. The van der Waals surface area contributed by atoms with Crippen molar-refractivity contribution in [2.24, 2.45) is 4.99 Å². The van der Waals surface area contributed by atoms with Crippen LogP contribution in [0.3, 0.4) is 0 Å². The lowest BCUT2D eigenvalue weighted by molar-refractivity contribution is 0.380. The lowest BCUT2D eigenvalue weighted by Crippen LogP contribution is -2.38. The Morgan fingerprint density at radius 2 is 2.15 bits per heavy atom. The highest BCUT2D eigenvalue weighted by Gasteiger charge is 2.09. The maximum atomic E-state index is 5.99. The number of nitrogens with one attached hydrogen (secondary N) is 2. The third kappa shape index (κ3) is 5.10. The van der Waals surface area contributed by atoms with Crippen molar-refractivity contribution >= 4 is 17.6 Å². The van der Waals surface area contributed by atoms with E-state index < -0.39 is 0 Å². The summed E-state index contributed by atoms with van der Waals surface area (Å²) in [6.45, 7) is 3.75. The third-order valence-corrected chi connectivity index (χ3v) is 3.75. The zero-order valence-corrected chi connectivity index (χ0v) is 15.2. The maximum Gasteiger partial charge on any atom is 0.248 e. The van der Waals surface area contributed by atoms with Crippen molar-refractivity contribution in [2.45, 2.75) is 19.9 Å². The molecule has 0 amide bonds. The van der Waals surface area contributed by atoms with E-state index in [1.807, 2.05) is 31.2 Å². The summed E-state index contributed by atoms with van der Waals surface area (Å²) in [4.78, 5) is 8.83. The molecule has 0 radical (unpaired) electrons. The summed E-state index contributed by atoms with van der Waals surface area (Å²) in [7, 11) is 0. The van der Waals surface area contributed by atoms with Crippen molar-refractivity contribution in [3.05, 3.63) is 59.3 Å². The number of nitrogens with zero attached hydrogens (tertiary/aromatic N) is 3. The molecule has 8 heteroatoms. The Hall–Kier alpha value is -2.80. The molecule has 2 heterocycles. The molecule has 0 saturated carbocycles. The summed E-state index contributed by atoms with van der Waals surface area (Å²) < 4.78 is 10.6. The van der Waals surface area contributed by atoms with Crippen LogP contribution in [0.15, 0.2) is 56.6 Å². The molecule has 0 spiro atoms. The highest BCUT2D eigenvalue weighted by atomic mass is 35.5. The van der Waals surface area contributed by atoms with Gasteiger partial charge in [0.15, 0.2) is 5.96 Å². The fourth-order valence-corrected chi connectivity index (χ4v) is 2.50. The van der Waals surface area contributed by atoms with Crippen LogP contribution < -0.4 is 10.6 Å². The number of hydrogen-bond donors (Lipinski definition) is 2. The zero-order chi connectivity index (χ0) is 18.2. The fraction of sp³-hybridized carbons (Fsp3) is 0.278. The number of halogens is 1. The van der Waals surface area contributed by atoms with Gasteiger partial charge in [0, 0.05) is 30.1 Å². The zero-order valence-electron chi connectivity index (χ0n) is 14.4. The van der Waals surface area contributed by atoms with Crippen molar-refractivity contribution < 1.29 is 8.94 Å². The molecular weight excluding hydrogens is 354 g/mol. The molecule has 0 aliphatic heterocycles. The highest BCUT2D eigenvalue weighted by molar-refractivity contribution is 6.30. The lowest BCUT2D eigenvalue weighted by Gasteiger charge is -2.09. The lowest BCUT2D eigenvalue weighted by atomic mass is 10.2. The van der Waals surface area contributed by atoms with Crippen molar-refractivity contribution in [3.63, 3.8) is 0 Å². The number of guanidine groups is 1. The summed E-state index contributed by atoms with van der Waals surface area (Å²) >= 11 is 5.99. The number of aliphatic imine (C=N–C) groups is 1. The molecule has 0 saturated heterocycles. The van der Waals surface area contributed by atoms with Crippen molar-refractivity contribution in [1.29, 1.82) is 0 Å². The average Bonchev–Trinajstić information content (AvgIpc) is 3.31. The Morgan fingerprint density at radius 1 is 1.23 bits per heavy atom. The summed E-state index contributed by atoms with van der Waals surface area (Å²) in [6.07, 6.45) is 2.44. The van der Waals surface area contributed by atoms with E-state index in [4.69, 9.17) is 20.5 Å². The molecule has 136 valence electrons. The second kappa shape index (κ2) is 9.05. The molecule has 1 aromatic carbocycles. The highest BCUT2D eigenvalue weighted by Crippen LogP contribution is 2.20. The van der Waals surface area contributed by atoms with Gasteiger partial charge in [-0.3, -0.25) is 0 Å². The molecule has 0 bridgehead atoms. The SMILES string of the molecule is CCNC(=NCc1nc(-c2cccc(Cl)c2)no1)NCCc1ccco1. The second-order valence-corrected chi connectivity index (χ2v) is 5.91. The molecule has 0 atom stereocenters. The largest absolute Gasteiger partial charge is 0.469 e. The van der Waals surface area contributed by atoms with Crippen LogP contribution in [-0.4, -0.2) is 29.2 Å². The molecular formula is C18H20ClN5O2. The average molecular weight is 374 g/mol. The van der Waals surface area contributed by atoms with E-state index in [-0.39, 0.29) is 6.54 Å². The Kier molecular flexibility index (Phi) is 6.27. The van der Waals surface area contributed by atoms with Crippen LogP contribution >= 0.6 is 11.6 Å². The van der Waals surface area contributed by atoms with E-state index >= 15 is 0 Å². The minimum absolute atomic E-state index is 0.281. The van der Waals surface area contributed by atoms with Gasteiger partial charge < -0.3 is 19.6 Å². The van der Waals surface area contributed by atoms with Gasteiger partial charge in [-0.2, -0.15) is 4.98 Å². The fourth-order valence-electron chi connectivity index (χ4n) is 2.31. The standard InChI is InChI=1S/C18H20ClN5O2/c1-2-20-18(21-9-8-15-7-4-10-25-15)22-12-16-23-17(24-26-16)13-5-3-6-14(19)11-13/h3-7,10-11H,2,8-9,12H2,1H3,(H2,20,21,22). The van der Waals surface area contributed by atoms with Crippen LogP contribution in [0.2, 0.25) is 5.02 Å². The van der Waals surface area contributed by atoms with Crippen LogP contribution in [0.25, 0.3) is 11.4 Å². The molecule has 3 aromatic rings. The maximum absolute atomic E-state index is 5.99. The van der Waals surface area contributed by atoms with Crippen LogP contribution in [0.5, 0.6) is 0 Å². The molecule has 7 nitrogen and oxygen atoms in total. The Bertz CT molecular complexity index is 845. The quantitative estimate of drug-likeness (QED) is 0.488. The molecule has 3 rings (SSSR count). The first kappa shape index (κ1) is 18.0. The predicted octanol–water partition coefficient (Wildman–Crippen LogP) is 3.28.